The molecule has 0 amide bonds. The lowest BCUT2D eigenvalue weighted by Crippen LogP contribution is -2.52. The van der Waals surface area contributed by atoms with Gasteiger partial charge in [0.2, 0.25) is 0 Å². The van der Waals surface area contributed by atoms with Gasteiger partial charge < -0.3 is 14.6 Å². The summed E-state index contributed by atoms with van der Waals surface area (Å²) in [5.41, 5.74) is -0.0955. The third-order valence-corrected chi connectivity index (χ3v) is 3.58. The lowest BCUT2D eigenvalue weighted by atomic mass is 9.87. The zero-order valence-corrected chi connectivity index (χ0v) is 10.4. The van der Waals surface area contributed by atoms with Gasteiger partial charge in [0.15, 0.2) is 0 Å². The van der Waals surface area contributed by atoms with E-state index in [1.165, 1.54) is 0 Å². The van der Waals surface area contributed by atoms with Crippen molar-refractivity contribution in [2.75, 3.05) is 46.1 Å². The summed E-state index contributed by atoms with van der Waals surface area (Å²) < 4.78 is 11.1. The van der Waals surface area contributed by atoms with Gasteiger partial charge in [-0.2, -0.15) is 0 Å². The van der Waals surface area contributed by atoms with Crippen LogP contribution in [0.3, 0.4) is 0 Å². The van der Waals surface area contributed by atoms with E-state index in [2.05, 4.69) is 18.7 Å². The average Bonchev–Trinajstić information content (AvgIpc) is 2.65. The lowest BCUT2D eigenvalue weighted by Gasteiger charge is -2.41. The van der Waals surface area contributed by atoms with Gasteiger partial charge >= 0.3 is 0 Å². The molecular formula is C12H23NO3. The molecule has 94 valence electrons. The van der Waals surface area contributed by atoms with Crippen LogP contribution >= 0.6 is 0 Å². The predicted octanol–water partition coefficient (Wildman–Crippen LogP) is 0.496. The minimum atomic E-state index is -0.0612. The number of nitrogens with zero attached hydrogens (tertiary/aromatic N) is 1. The van der Waals surface area contributed by atoms with Gasteiger partial charge in [0, 0.05) is 31.7 Å². The van der Waals surface area contributed by atoms with Gasteiger partial charge in [-0.05, 0) is 20.3 Å². The molecule has 2 saturated heterocycles. The molecule has 2 aliphatic heterocycles. The fourth-order valence-corrected chi connectivity index (χ4v) is 2.67. The molecule has 1 unspecified atom stereocenters. The van der Waals surface area contributed by atoms with E-state index in [-0.39, 0.29) is 17.6 Å². The molecule has 4 heteroatoms. The standard InChI is InChI=1S/C12H23NO3/c1-11(2)7-13(4-6-16-11)8-12(9-14)3-5-15-10-12/h14H,3-10H2,1-2H3. The van der Waals surface area contributed by atoms with E-state index in [1.54, 1.807) is 0 Å². The Balaban J connectivity index is 1.93. The third kappa shape index (κ3) is 2.74. The minimum Gasteiger partial charge on any atom is -0.396 e. The van der Waals surface area contributed by atoms with Crippen LogP contribution < -0.4 is 0 Å². The van der Waals surface area contributed by atoms with Crippen LogP contribution in [0, 0.1) is 5.41 Å². The van der Waals surface area contributed by atoms with Crippen molar-refractivity contribution in [1.29, 1.82) is 0 Å². The van der Waals surface area contributed by atoms with Gasteiger partial charge in [-0.25, -0.2) is 0 Å². The topological polar surface area (TPSA) is 41.9 Å². The molecule has 4 nitrogen and oxygen atoms in total. The molecule has 0 aromatic carbocycles. The first-order valence-corrected chi connectivity index (χ1v) is 6.10. The van der Waals surface area contributed by atoms with Crippen LogP contribution in [0.25, 0.3) is 0 Å². The zero-order valence-electron chi connectivity index (χ0n) is 10.4. The van der Waals surface area contributed by atoms with E-state index in [0.717, 1.165) is 39.3 Å². The van der Waals surface area contributed by atoms with Crippen LogP contribution in [0.1, 0.15) is 20.3 Å². The van der Waals surface area contributed by atoms with Crippen LogP contribution in [-0.2, 0) is 9.47 Å². The van der Waals surface area contributed by atoms with E-state index in [1.807, 2.05) is 0 Å². The van der Waals surface area contributed by atoms with Crippen LogP contribution in [0.4, 0.5) is 0 Å². The molecule has 2 fully saturated rings. The summed E-state index contributed by atoms with van der Waals surface area (Å²) in [6.07, 6.45) is 0.973. The average molecular weight is 229 g/mol. The van der Waals surface area contributed by atoms with Crippen LogP contribution in [0.15, 0.2) is 0 Å². The van der Waals surface area contributed by atoms with Crippen molar-refractivity contribution in [3.63, 3.8) is 0 Å². The van der Waals surface area contributed by atoms with E-state index in [4.69, 9.17) is 9.47 Å². The number of aliphatic hydroxyl groups excluding tert-OH is 1. The lowest BCUT2D eigenvalue weighted by molar-refractivity contribution is -0.0976. The zero-order chi connectivity index (χ0) is 11.6. The minimum absolute atomic E-state index is 0.0343. The van der Waals surface area contributed by atoms with E-state index in [0.29, 0.717) is 6.61 Å². The van der Waals surface area contributed by atoms with Gasteiger partial charge in [0.1, 0.15) is 0 Å². The van der Waals surface area contributed by atoms with Crippen LogP contribution in [0.5, 0.6) is 0 Å². The monoisotopic (exact) mass is 229 g/mol. The number of rotatable bonds is 3. The normalized spacial score (nSPS) is 35.4. The number of aliphatic hydroxyl groups is 1. The quantitative estimate of drug-likeness (QED) is 0.765. The molecule has 0 bridgehead atoms. The van der Waals surface area contributed by atoms with Crippen LogP contribution in [-0.4, -0.2) is 61.7 Å². The number of hydrogen-bond donors (Lipinski definition) is 1. The second-order valence-electron chi connectivity index (χ2n) is 5.78. The van der Waals surface area contributed by atoms with Crippen molar-refractivity contribution in [3.8, 4) is 0 Å². The molecule has 0 saturated carbocycles. The number of ether oxygens (including phenoxy) is 2. The maximum atomic E-state index is 9.54. The largest absolute Gasteiger partial charge is 0.396 e. The molecule has 1 atom stereocenters. The molecule has 2 rings (SSSR count). The van der Waals surface area contributed by atoms with Gasteiger partial charge in [-0.1, -0.05) is 0 Å². The van der Waals surface area contributed by atoms with Crippen molar-refractivity contribution < 1.29 is 14.6 Å². The molecule has 16 heavy (non-hydrogen) atoms. The Bertz CT molecular complexity index is 236. The van der Waals surface area contributed by atoms with Gasteiger partial charge in [-0.3, -0.25) is 4.90 Å². The first-order valence-electron chi connectivity index (χ1n) is 6.10. The van der Waals surface area contributed by atoms with Gasteiger partial charge in [-0.15, -0.1) is 0 Å². The van der Waals surface area contributed by atoms with Gasteiger partial charge in [0.25, 0.3) is 0 Å². The SMILES string of the molecule is CC1(C)CN(CC2(CO)CCOC2)CCO1. The molecule has 2 heterocycles. The summed E-state index contributed by atoms with van der Waals surface area (Å²) in [5.74, 6) is 0. The van der Waals surface area contributed by atoms with Crippen molar-refractivity contribution in [1.82, 2.24) is 4.90 Å². The molecular weight excluding hydrogens is 206 g/mol. The number of morpholine rings is 1. The Hall–Kier alpha value is -0.160. The van der Waals surface area contributed by atoms with E-state index >= 15 is 0 Å². The molecule has 2 aliphatic rings. The van der Waals surface area contributed by atoms with Crippen molar-refractivity contribution in [2.45, 2.75) is 25.9 Å². The van der Waals surface area contributed by atoms with Crippen molar-refractivity contribution in [2.24, 2.45) is 5.41 Å². The van der Waals surface area contributed by atoms with Crippen molar-refractivity contribution in [3.05, 3.63) is 0 Å². The maximum absolute atomic E-state index is 9.54. The van der Waals surface area contributed by atoms with Gasteiger partial charge in [0.05, 0.1) is 25.4 Å². The van der Waals surface area contributed by atoms with E-state index < -0.39 is 0 Å². The number of hydrogen-bond acceptors (Lipinski definition) is 4. The molecule has 0 radical (unpaired) electrons. The second kappa shape index (κ2) is 4.61. The molecule has 0 aromatic rings. The third-order valence-electron chi connectivity index (χ3n) is 3.58. The second-order valence-corrected chi connectivity index (χ2v) is 5.78. The Labute approximate surface area is 97.5 Å². The first kappa shape index (κ1) is 12.3. The Morgan fingerprint density at radius 1 is 1.31 bits per heavy atom. The van der Waals surface area contributed by atoms with Crippen molar-refractivity contribution >= 4 is 0 Å². The highest BCUT2D eigenvalue weighted by atomic mass is 16.5. The summed E-state index contributed by atoms with van der Waals surface area (Å²) in [4.78, 5) is 2.40. The molecule has 0 aliphatic carbocycles. The van der Waals surface area contributed by atoms with Crippen LogP contribution in [0.2, 0.25) is 0 Å². The molecule has 1 N–H and O–H groups in total. The Morgan fingerprint density at radius 2 is 2.12 bits per heavy atom. The highest BCUT2D eigenvalue weighted by molar-refractivity contribution is 4.89. The maximum Gasteiger partial charge on any atom is 0.0753 e. The fourth-order valence-electron chi connectivity index (χ4n) is 2.67. The van der Waals surface area contributed by atoms with E-state index in [9.17, 15) is 5.11 Å². The fraction of sp³-hybridized carbons (Fsp3) is 1.00. The first-order chi connectivity index (χ1) is 7.55. The summed E-state index contributed by atoms with van der Waals surface area (Å²) in [5, 5.41) is 9.54. The Morgan fingerprint density at radius 3 is 2.69 bits per heavy atom. The smallest absolute Gasteiger partial charge is 0.0753 e. The summed E-state index contributed by atoms with van der Waals surface area (Å²) in [6.45, 7) is 9.57. The summed E-state index contributed by atoms with van der Waals surface area (Å²) >= 11 is 0. The summed E-state index contributed by atoms with van der Waals surface area (Å²) in [6, 6.07) is 0. The predicted molar refractivity (Wildman–Crippen MR) is 61.4 cm³/mol. The molecule has 0 spiro atoms. The molecule has 0 aromatic heterocycles. The summed E-state index contributed by atoms with van der Waals surface area (Å²) in [7, 11) is 0. The Kier molecular flexibility index (Phi) is 3.54. The highest BCUT2D eigenvalue weighted by Crippen LogP contribution is 2.30. The highest BCUT2D eigenvalue weighted by Gasteiger charge is 2.38.